The predicted octanol–water partition coefficient (Wildman–Crippen LogP) is 2.76. The molecule has 96 valence electrons. The first kappa shape index (κ1) is 15.5. The fourth-order valence-corrected chi connectivity index (χ4v) is 1.41. The lowest BCUT2D eigenvalue weighted by Crippen LogP contribution is -2.31. The number of carbonyl (C=O) groups is 1. The Morgan fingerprint density at radius 1 is 1.53 bits per heavy atom. The molecule has 0 N–H and O–H groups in total. The zero-order valence-electron chi connectivity index (χ0n) is 11.3. The topological polar surface area (TPSA) is 29.5 Å². The van der Waals surface area contributed by atoms with Crippen LogP contribution in [0.25, 0.3) is 0 Å². The summed E-state index contributed by atoms with van der Waals surface area (Å²) in [6.45, 7) is 8.58. The third-order valence-electron chi connectivity index (χ3n) is 2.29. The highest BCUT2D eigenvalue weighted by Gasteiger charge is 2.12. The Hall–Kier alpha value is -1.51. The third-order valence-corrected chi connectivity index (χ3v) is 2.29. The van der Waals surface area contributed by atoms with Crippen LogP contribution < -0.4 is 0 Å². The molecule has 0 spiro atoms. The summed E-state index contributed by atoms with van der Waals surface area (Å²) in [5.74, 6) is 0.276. The minimum Gasteiger partial charge on any atom is -0.504 e. The SMILES string of the molecule is C=C(/C=C/OC)C(=O)N(C)CC(C)/C=C\CC. The molecule has 0 aliphatic rings. The van der Waals surface area contributed by atoms with Gasteiger partial charge in [-0.25, -0.2) is 0 Å². The van der Waals surface area contributed by atoms with E-state index in [0.717, 1.165) is 6.42 Å². The molecule has 1 unspecified atom stereocenters. The van der Waals surface area contributed by atoms with Gasteiger partial charge >= 0.3 is 0 Å². The molecule has 3 heteroatoms. The smallest absolute Gasteiger partial charge is 0.253 e. The summed E-state index contributed by atoms with van der Waals surface area (Å²) in [6.07, 6.45) is 8.28. The predicted molar refractivity (Wildman–Crippen MR) is 71.5 cm³/mol. The quantitative estimate of drug-likeness (QED) is 0.295. The molecule has 3 nitrogen and oxygen atoms in total. The lowest BCUT2D eigenvalue weighted by atomic mass is 10.1. The fraction of sp³-hybridized carbons (Fsp3) is 0.500. The number of rotatable bonds is 7. The Balaban J connectivity index is 4.26. The van der Waals surface area contributed by atoms with Crippen LogP contribution in [0.3, 0.4) is 0 Å². The van der Waals surface area contributed by atoms with Gasteiger partial charge in [0.2, 0.25) is 0 Å². The van der Waals surface area contributed by atoms with Gasteiger partial charge < -0.3 is 9.64 Å². The molecule has 0 rings (SSSR count). The number of likely N-dealkylation sites (N-methyl/N-ethyl adjacent to an activating group) is 1. The maximum absolute atomic E-state index is 11.9. The van der Waals surface area contributed by atoms with E-state index in [1.807, 2.05) is 0 Å². The van der Waals surface area contributed by atoms with Gasteiger partial charge in [0.05, 0.1) is 13.4 Å². The summed E-state index contributed by atoms with van der Waals surface area (Å²) in [7, 11) is 3.32. The number of amides is 1. The molecule has 0 fully saturated rings. The minimum absolute atomic E-state index is 0.0740. The van der Waals surface area contributed by atoms with Crippen molar-refractivity contribution in [3.8, 4) is 0 Å². The van der Waals surface area contributed by atoms with Crippen molar-refractivity contribution in [1.29, 1.82) is 0 Å². The Labute approximate surface area is 104 Å². The van der Waals surface area contributed by atoms with Crippen LogP contribution >= 0.6 is 0 Å². The average Bonchev–Trinajstić information content (AvgIpc) is 2.32. The van der Waals surface area contributed by atoms with Crippen molar-refractivity contribution in [2.75, 3.05) is 20.7 Å². The fourth-order valence-electron chi connectivity index (χ4n) is 1.41. The second-order valence-corrected chi connectivity index (χ2v) is 4.06. The lowest BCUT2D eigenvalue weighted by Gasteiger charge is -2.19. The third kappa shape index (κ3) is 6.61. The summed E-state index contributed by atoms with van der Waals surface area (Å²) >= 11 is 0. The van der Waals surface area contributed by atoms with Crippen molar-refractivity contribution in [1.82, 2.24) is 4.90 Å². The van der Waals surface area contributed by atoms with Crippen molar-refractivity contribution < 1.29 is 9.53 Å². The summed E-state index contributed by atoms with van der Waals surface area (Å²) in [4.78, 5) is 13.5. The van der Waals surface area contributed by atoms with E-state index in [-0.39, 0.29) is 5.91 Å². The lowest BCUT2D eigenvalue weighted by molar-refractivity contribution is -0.125. The highest BCUT2D eigenvalue weighted by atomic mass is 16.5. The molecule has 0 bridgehead atoms. The Kier molecular flexibility index (Phi) is 7.85. The van der Waals surface area contributed by atoms with Gasteiger partial charge in [-0.3, -0.25) is 4.79 Å². The zero-order valence-corrected chi connectivity index (χ0v) is 11.3. The number of allylic oxidation sites excluding steroid dienone is 1. The first-order chi connectivity index (χ1) is 8.02. The van der Waals surface area contributed by atoms with E-state index in [0.29, 0.717) is 18.0 Å². The van der Waals surface area contributed by atoms with Crippen molar-refractivity contribution >= 4 is 5.91 Å². The second-order valence-electron chi connectivity index (χ2n) is 4.06. The van der Waals surface area contributed by atoms with Crippen LogP contribution in [-0.2, 0) is 9.53 Å². The van der Waals surface area contributed by atoms with E-state index in [2.05, 4.69) is 32.6 Å². The molecular weight excluding hydrogens is 214 g/mol. The first-order valence-electron chi connectivity index (χ1n) is 5.83. The molecule has 0 heterocycles. The molecule has 0 aromatic carbocycles. The highest BCUT2D eigenvalue weighted by molar-refractivity contribution is 5.95. The molecule has 0 aliphatic carbocycles. The summed E-state index contributed by atoms with van der Waals surface area (Å²) in [5.41, 5.74) is 0.432. The monoisotopic (exact) mass is 237 g/mol. The number of carbonyl (C=O) groups excluding carboxylic acids is 1. The average molecular weight is 237 g/mol. The molecule has 17 heavy (non-hydrogen) atoms. The first-order valence-corrected chi connectivity index (χ1v) is 5.83. The Morgan fingerprint density at radius 2 is 2.18 bits per heavy atom. The van der Waals surface area contributed by atoms with E-state index < -0.39 is 0 Å². The van der Waals surface area contributed by atoms with Gasteiger partial charge in [0.25, 0.3) is 5.91 Å². The normalized spacial score (nSPS) is 12.9. The van der Waals surface area contributed by atoms with Crippen LogP contribution in [0, 0.1) is 5.92 Å². The Bertz CT molecular complexity index is 305. The van der Waals surface area contributed by atoms with Crippen LogP contribution in [0.1, 0.15) is 20.3 Å². The van der Waals surface area contributed by atoms with Gasteiger partial charge in [-0.2, -0.15) is 0 Å². The number of hydrogen-bond acceptors (Lipinski definition) is 2. The van der Waals surface area contributed by atoms with Crippen molar-refractivity contribution in [2.45, 2.75) is 20.3 Å². The van der Waals surface area contributed by atoms with Crippen LogP contribution in [0.5, 0.6) is 0 Å². The van der Waals surface area contributed by atoms with Crippen molar-refractivity contribution in [2.24, 2.45) is 5.92 Å². The van der Waals surface area contributed by atoms with E-state index in [1.165, 1.54) is 13.4 Å². The molecule has 0 aromatic heterocycles. The molecule has 1 atom stereocenters. The van der Waals surface area contributed by atoms with E-state index in [9.17, 15) is 4.79 Å². The summed E-state index contributed by atoms with van der Waals surface area (Å²) in [6, 6.07) is 0. The standard InChI is InChI=1S/C14H23NO2/c1-6-7-8-12(2)11-15(4)14(16)13(3)9-10-17-5/h7-10,12H,3,6,11H2,1-2,4-5H3/b8-7-,10-9+. The second kappa shape index (κ2) is 8.62. The van der Waals surface area contributed by atoms with Gasteiger partial charge in [0.1, 0.15) is 0 Å². The molecule has 0 aromatic rings. The van der Waals surface area contributed by atoms with Gasteiger partial charge in [0, 0.05) is 19.2 Å². The van der Waals surface area contributed by atoms with E-state index in [4.69, 9.17) is 4.74 Å². The van der Waals surface area contributed by atoms with Crippen LogP contribution in [0.2, 0.25) is 0 Å². The molecule has 0 saturated carbocycles. The molecular formula is C14H23NO2. The number of nitrogens with zero attached hydrogens (tertiary/aromatic N) is 1. The molecule has 0 aliphatic heterocycles. The molecule has 0 radical (unpaired) electrons. The van der Waals surface area contributed by atoms with Gasteiger partial charge in [0.15, 0.2) is 0 Å². The van der Waals surface area contributed by atoms with E-state index in [1.54, 1.807) is 18.0 Å². The number of hydrogen-bond donors (Lipinski definition) is 0. The van der Waals surface area contributed by atoms with Crippen LogP contribution in [0.4, 0.5) is 0 Å². The maximum Gasteiger partial charge on any atom is 0.253 e. The highest BCUT2D eigenvalue weighted by Crippen LogP contribution is 2.05. The van der Waals surface area contributed by atoms with Crippen molar-refractivity contribution in [3.05, 3.63) is 36.6 Å². The van der Waals surface area contributed by atoms with Crippen molar-refractivity contribution in [3.63, 3.8) is 0 Å². The molecule has 1 amide bonds. The van der Waals surface area contributed by atoms with Gasteiger partial charge in [-0.1, -0.05) is 32.6 Å². The summed E-state index contributed by atoms with van der Waals surface area (Å²) < 4.78 is 4.75. The van der Waals surface area contributed by atoms with Gasteiger partial charge in [-0.15, -0.1) is 0 Å². The Morgan fingerprint density at radius 3 is 2.71 bits per heavy atom. The van der Waals surface area contributed by atoms with Crippen LogP contribution in [-0.4, -0.2) is 31.5 Å². The van der Waals surface area contributed by atoms with E-state index >= 15 is 0 Å². The molecule has 0 saturated heterocycles. The number of methoxy groups -OCH3 is 1. The summed E-state index contributed by atoms with van der Waals surface area (Å²) in [5, 5.41) is 0. The maximum atomic E-state index is 11.9. The number of ether oxygens (including phenoxy) is 1. The zero-order chi connectivity index (χ0) is 13.3. The van der Waals surface area contributed by atoms with Crippen LogP contribution in [0.15, 0.2) is 36.6 Å². The van der Waals surface area contributed by atoms with Gasteiger partial charge in [-0.05, 0) is 18.4 Å². The largest absolute Gasteiger partial charge is 0.504 e. The minimum atomic E-state index is -0.0740.